The van der Waals surface area contributed by atoms with Gasteiger partial charge in [0.05, 0.1) is 5.69 Å². The molecule has 0 spiro atoms. The average molecular weight is 463 g/mol. The summed E-state index contributed by atoms with van der Waals surface area (Å²) in [5, 5.41) is 4.01. The van der Waals surface area contributed by atoms with Crippen molar-refractivity contribution in [3.8, 4) is 5.69 Å². The molecule has 1 N–H and O–H groups in total. The number of likely N-dealkylation sites (N-methyl/N-ethyl adjacent to an activating group) is 1. The number of fused-ring (bicyclic) bond motifs is 1. The number of piperazine rings is 1. The molecule has 2 aromatic carbocycles. The zero-order valence-electron chi connectivity index (χ0n) is 19.6. The maximum absolute atomic E-state index is 15.0. The zero-order chi connectivity index (χ0) is 23.8. The van der Waals surface area contributed by atoms with Crippen molar-refractivity contribution in [1.29, 1.82) is 0 Å². The fraction of sp³-hybridized carbons (Fsp3) is 0.308. The highest BCUT2D eigenvalue weighted by molar-refractivity contribution is 5.79. The summed E-state index contributed by atoms with van der Waals surface area (Å²) in [7, 11) is 2.06. The second kappa shape index (κ2) is 9.12. The average Bonchev–Trinajstić information content (AvgIpc) is 3.23. The molecule has 2 aromatic heterocycles. The normalized spacial score (nSPS) is 15.2. The second-order valence-electron chi connectivity index (χ2n) is 9.05. The fourth-order valence-corrected chi connectivity index (χ4v) is 4.24. The van der Waals surface area contributed by atoms with Crippen molar-refractivity contribution in [2.75, 3.05) is 38.5 Å². The van der Waals surface area contributed by atoms with Gasteiger partial charge >= 0.3 is 0 Å². The Morgan fingerprint density at radius 1 is 0.941 bits per heavy atom. The fourth-order valence-electron chi connectivity index (χ4n) is 4.24. The first-order valence-electron chi connectivity index (χ1n) is 11.4. The predicted octanol–water partition coefficient (Wildman–Crippen LogP) is 4.81. The van der Waals surface area contributed by atoms with Crippen molar-refractivity contribution in [1.82, 2.24) is 24.3 Å². The van der Waals surface area contributed by atoms with Crippen LogP contribution in [0.2, 0.25) is 0 Å². The van der Waals surface area contributed by atoms with E-state index in [2.05, 4.69) is 39.1 Å². The van der Waals surface area contributed by atoms with Crippen LogP contribution < -0.4 is 5.32 Å². The summed E-state index contributed by atoms with van der Waals surface area (Å²) in [6, 6.07) is 10.6. The van der Waals surface area contributed by atoms with Gasteiger partial charge in [-0.3, -0.25) is 4.90 Å². The van der Waals surface area contributed by atoms with E-state index in [1.165, 1.54) is 17.7 Å². The topological polar surface area (TPSA) is 49.2 Å². The van der Waals surface area contributed by atoms with Gasteiger partial charge in [-0.2, -0.15) is 4.98 Å². The van der Waals surface area contributed by atoms with E-state index in [-0.39, 0.29) is 12.1 Å². The van der Waals surface area contributed by atoms with E-state index in [0.717, 1.165) is 42.8 Å². The molecular weight excluding hydrogens is 434 g/mol. The van der Waals surface area contributed by atoms with Crippen molar-refractivity contribution in [3.63, 3.8) is 0 Å². The molecule has 0 saturated carbocycles. The molecule has 0 radical (unpaired) electrons. The molecule has 4 aromatic rings. The van der Waals surface area contributed by atoms with E-state index in [4.69, 9.17) is 0 Å². The number of rotatable bonds is 5. The number of benzene rings is 2. The van der Waals surface area contributed by atoms with Crippen LogP contribution in [0.15, 0.2) is 48.8 Å². The molecule has 8 heteroatoms. The Balaban J connectivity index is 1.43. The van der Waals surface area contributed by atoms with Crippen molar-refractivity contribution < 1.29 is 8.78 Å². The van der Waals surface area contributed by atoms with Gasteiger partial charge in [0, 0.05) is 61.8 Å². The van der Waals surface area contributed by atoms with E-state index < -0.39 is 11.6 Å². The Morgan fingerprint density at radius 2 is 1.68 bits per heavy atom. The third-order valence-electron chi connectivity index (χ3n) is 6.57. The highest BCUT2D eigenvalue weighted by atomic mass is 19.1. The monoisotopic (exact) mass is 462 g/mol. The van der Waals surface area contributed by atoms with Crippen molar-refractivity contribution in [3.05, 3.63) is 77.1 Å². The number of hydrogen-bond acceptors (Lipinski definition) is 5. The van der Waals surface area contributed by atoms with Crippen LogP contribution in [0.25, 0.3) is 16.7 Å². The lowest BCUT2D eigenvalue weighted by molar-refractivity contribution is 0.145. The maximum Gasteiger partial charge on any atom is 0.229 e. The van der Waals surface area contributed by atoms with Gasteiger partial charge in [-0.1, -0.05) is 6.07 Å². The first-order chi connectivity index (χ1) is 16.4. The lowest BCUT2D eigenvalue weighted by Crippen LogP contribution is -2.44. The molecule has 1 saturated heterocycles. The molecule has 3 heterocycles. The standard InChI is InChI=1S/C26H28F2N6/c1-17-4-5-20(12-18(17)2)30-26-29-15-19-6-7-34(25(19)31-26)21-13-23(27)22(24(28)14-21)16-33-10-8-32(3)9-11-33/h4-7,12-15H,8-11,16H2,1-3H3,(H,29,30,31). The highest BCUT2D eigenvalue weighted by Crippen LogP contribution is 2.25. The van der Waals surface area contributed by atoms with Crippen LogP contribution in [0.5, 0.6) is 0 Å². The maximum atomic E-state index is 15.0. The van der Waals surface area contributed by atoms with Gasteiger partial charge in [0.15, 0.2) is 0 Å². The second-order valence-corrected chi connectivity index (χ2v) is 9.05. The van der Waals surface area contributed by atoms with E-state index in [1.807, 2.05) is 31.2 Å². The SMILES string of the molecule is Cc1ccc(Nc2ncc3ccn(-c4cc(F)c(CN5CCN(C)CC5)c(F)c4)c3n2)cc1C. The zero-order valence-corrected chi connectivity index (χ0v) is 19.6. The molecule has 1 fully saturated rings. The lowest BCUT2D eigenvalue weighted by atomic mass is 10.1. The molecule has 5 rings (SSSR count). The molecule has 0 atom stereocenters. The van der Waals surface area contributed by atoms with Gasteiger partial charge in [-0.25, -0.2) is 13.8 Å². The molecule has 0 unspecified atom stereocenters. The van der Waals surface area contributed by atoms with Gasteiger partial charge in [0.1, 0.15) is 17.3 Å². The minimum Gasteiger partial charge on any atom is -0.324 e. The Kier molecular flexibility index (Phi) is 6.02. The van der Waals surface area contributed by atoms with Crippen molar-refractivity contribution in [2.45, 2.75) is 20.4 Å². The van der Waals surface area contributed by atoms with E-state index >= 15 is 8.78 Å². The number of aryl methyl sites for hydroxylation is 2. The summed E-state index contributed by atoms with van der Waals surface area (Å²) >= 11 is 0. The van der Waals surface area contributed by atoms with E-state index in [9.17, 15) is 0 Å². The Morgan fingerprint density at radius 3 is 2.38 bits per heavy atom. The Bertz CT molecular complexity index is 1320. The molecule has 6 nitrogen and oxygen atoms in total. The van der Waals surface area contributed by atoms with Gasteiger partial charge in [-0.15, -0.1) is 0 Å². The van der Waals surface area contributed by atoms with Crippen LogP contribution >= 0.6 is 0 Å². The number of hydrogen-bond donors (Lipinski definition) is 1. The van der Waals surface area contributed by atoms with Crippen LogP contribution in [-0.2, 0) is 6.54 Å². The molecule has 34 heavy (non-hydrogen) atoms. The first-order valence-corrected chi connectivity index (χ1v) is 11.4. The first kappa shape index (κ1) is 22.4. The van der Waals surface area contributed by atoms with Gasteiger partial charge in [0.25, 0.3) is 0 Å². The van der Waals surface area contributed by atoms with Gasteiger partial charge in [0.2, 0.25) is 5.95 Å². The quantitative estimate of drug-likeness (QED) is 0.462. The summed E-state index contributed by atoms with van der Waals surface area (Å²) < 4.78 is 31.8. The van der Waals surface area contributed by atoms with Gasteiger partial charge < -0.3 is 14.8 Å². The number of nitrogens with one attached hydrogen (secondary N) is 1. The number of halogens is 2. The van der Waals surface area contributed by atoms with Crippen LogP contribution in [0.3, 0.4) is 0 Å². The third kappa shape index (κ3) is 4.51. The number of nitrogens with zero attached hydrogens (tertiary/aromatic N) is 5. The predicted molar refractivity (Wildman–Crippen MR) is 131 cm³/mol. The summed E-state index contributed by atoms with van der Waals surface area (Å²) in [5.74, 6) is -0.667. The molecule has 0 bridgehead atoms. The molecule has 176 valence electrons. The summed E-state index contributed by atoms with van der Waals surface area (Å²) in [5.41, 5.74) is 4.32. The molecule has 1 aliphatic heterocycles. The van der Waals surface area contributed by atoms with E-state index in [0.29, 0.717) is 17.3 Å². The van der Waals surface area contributed by atoms with Crippen molar-refractivity contribution in [2.24, 2.45) is 0 Å². The molecule has 1 aliphatic rings. The largest absolute Gasteiger partial charge is 0.324 e. The van der Waals surface area contributed by atoms with Crippen molar-refractivity contribution >= 4 is 22.7 Å². The van der Waals surface area contributed by atoms with Crippen LogP contribution in [0.4, 0.5) is 20.4 Å². The van der Waals surface area contributed by atoms with Gasteiger partial charge in [-0.05, 0) is 62.4 Å². The highest BCUT2D eigenvalue weighted by Gasteiger charge is 2.20. The number of aromatic nitrogens is 3. The third-order valence-corrected chi connectivity index (χ3v) is 6.57. The Labute approximate surface area is 197 Å². The molecule has 0 amide bonds. The molecule has 0 aliphatic carbocycles. The number of anilines is 2. The summed E-state index contributed by atoms with van der Waals surface area (Å²) in [6.45, 7) is 7.77. The Hall–Kier alpha value is -3.36. The summed E-state index contributed by atoms with van der Waals surface area (Å²) in [4.78, 5) is 13.3. The van der Waals surface area contributed by atoms with Crippen LogP contribution in [0.1, 0.15) is 16.7 Å². The minimum atomic E-state index is -0.543. The van der Waals surface area contributed by atoms with E-state index in [1.54, 1.807) is 17.0 Å². The lowest BCUT2D eigenvalue weighted by Gasteiger charge is -2.32. The van der Waals surface area contributed by atoms with Crippen LogP contribution in [-0.4, -0.2) is 57.6 Å². The minimum absolute atomic E-state index is 0.108. The molecular formula is C26H28F2N6. The smallest absolute Gasteiger partial charge is 0.229 e. The summed E-state index contributed by atoms with van der Waals surface area (Å²) in [6.07, 6.45) is 3.46. The van der Waals surface area contributed by atoms with Crippen LogP contribution in [0, 0.1) is 25.5 Å².